The van der Waals surface area contributed by atoms with Crippen LogP contribution in [0, 0.1) is 0 Å². The number of hydrogen-bond donors (Lipinski definition) is 1. The van der Waals surface area contributed by atoms with Crippen molar-refractivity contribution in [2.45, 2.75) is 25.9 Å². The number of rotatable bonds is 5. The number of benzene rings is 1. The summed E-state index contributed by atoms with van der Waals surface area (Å²) < 4.78 is 38.0. The Bertz CT molecular complexity index is 730. The van der Waals surface area contributed by atoms with Crippen molar-refractivity contribution in [2.75, 3.05) is 0 Å². The second-order valence-electron chi connectivity index (χ2n) is 5.08. The van der Waals surface area contributed by atoms with Crippen molar-refractivity contribution in [3.05, 3.63) is 59.7 Å². The van der Waals surface area contributed by atoms with E-state index in [2.05, 4.69) is 20.5 Å². The quantitative estimate of drug-likeness (QED) is 0.673. The number of alkyl halides is 3. The molecule has 24 heavy (non-hydrogen) atoms. The number of aromatic nitrogens is 2. The third-order valence-electron chi connectivity index (χ3n) is 3.17. The van der Waals surface area contributed by atoms with Crippen LogP contribution in [-0.4, -0.2) is 21.6 Å². The van der Waals surface area contributed by atoms with Crippen molar-refractivity contribution in [3.63, 3.8) is 0 Å². The first-order valence-electron chi connectivity index (χ1n) is 7.12. The van der Waals surface area contributed by atoms with E-state index in [1.807, 2.05) is 0 Å². The smallest absolute Gasteiger partial charge is 0.265 e. The van der Waals surface area contributed by atoms with Crippen LogP contribution in [0.3, 0.4) is 0 Å². The van der Waals surface area contributed by atoms with Gasteiger partial charge in [-0.3, -0.25) is 9.78 Å². The third kappa shape index (κ3) is 5.15. The molecular weight excluding hydrogens is 321 g/mol. The highest BCUT2D eigenvalue weighted by Gasteiger charge is 2.30. The fourth-order valence-corrected chi connectivity index (χ4v) is 1.90. The predicted octanol–water partition coefficient (Wildman–Crippen LogP) is 3.23. The number of nitrogens with one attached hydrogen (secondary N) is 1. The molecule has 0 bridgehead atoms. The second-order valence-corrected chi connectivity index (χ2v) is 5.08. The third-order valence-corrected chi connectivity index (χ3v) is 3.17. The standard InChI is InChI=1S/C16H15F3N4O/c1-11(22-23-15(24)14-10-20-7-8-21-14)5-6-12-3-2-4-13(9-12)16(17,18)19/h2-4,7-10H,5-6H2,1H3,(H,23,24). The summed E-state index contributed by atoms with van der Waals surface area (Å²) in [4.78, 5) is 19.3. The first-order chi connectivity index (χ1) is 11.4. The van der Waals surface area contributed by atoms with E-state index in [1.54, 1.807) is 13.0 Å². The first-order valence-corrected chi connectivity index (χ1v) is 7.12. The van der Waals surface area contributed by atoms with Crippen molar-refractivity contribution < 1.29 is 18.0 Å². The molecule has 2 aromatic rings. The van der Waals surface area contributed by atoms with Crippen LogP contribution in [0.1, 0.15) is 35.0 Å². The van der Waals surface area contributed by atoms with Gasteiger partial charge in [0, 0.05) is 18.1 Å². The molecule has 1 heterocycles. The summed E-state index contributed by atoms with van der Waals surface area (Å²) in [6, 6.07) is 5.15. The van der Waals surface area contributed by atoms with Crippen molar-refractivity contribution in [3.8, 4) is 0 Å². The lowest BCUT2D eigenvalue weighted by Crippen LogP contribution is -2.20. The molecule has 0 aliphatic rings. The molecule has 0 saturated heterocycles. The Hall–Kier alpha value is -2.77. The summed E-state index contributed by atoms with van der Waals surface area (Å²) in [6.45, 7) is 1.69. The Kier molecular flexibility index (Phi) is 5.62. The minimum absolute atomic E-state index is 0.131. The van der Waals surface area contributed by atoms with Gasteiger partial charge in [0.1, 0.15) is 5.69 Å². The zero-order valence-corrected chi connectivity index (χ0v) is 12.8. The van der Waals surface area contributed by atoms with Crippen LogP contribution in [-0.2, 0) is 12.6 Å². The zero-order chi connectivity index (χ0) is 17.6. The van der Waals surface area contributed by atoms with Crippen molar-refractivity contribution in [2.24, 2.45) is 5.10 Å². The van der Waals surface area contributed by atoms with E-state index in [9.17, 15) is 18.0 Å². The maximum atomic E-state index is 12.7. The van der Waals surface area contributed by atoms with Crippen LogP contribution in [0.25, 0.3) is 0 Å². The summed E-state index contributed by atoms with van der Waals surface area (Å²) in [5.74, 6) is -0.499. The van der Waals surface area contributed by atoms with E-state index in [0.717, 1.165) is 12.1 Å². The molecule has 1 N–H and O–H groups in total. The van der Waals surface area contributed by atoms with Gasteiger partial charge >= 0.3 is 6.18 Å². The van der Waals surface area contributed by atoms with Gasteiger partial charge in [-0.1, -0.05) is 18.2 Å². The number of hydrazone groups is 1. The molecular formula is C16H15F3N4O. The van der Waals surface area contributed by atoms with Crippen LogP contribution in [0.4, 0.5) is 13.2 Å². The number of aryl methyl sites for hydroxylation is 1. The molecule has 8 heteroatoms. The number of halogens is 3. The molecule has 1 aromatic heterocycles. The predicted molar refractivity (Wildman–Crippen MR) is 82.4 cm³/mol. The lowest BCUT2D eigenvalue weighted by atomic mass is 10.0. The lowest BCUT2D eigenvalue weighted by Gasteiger charge is -2.08. The minimum atomic E-state index is -4.36. The Morgan fingerprint density at radius 3 is 2.75 bits per heavy atom. The molecule has 0 atom stereocenters. The Labute approximate surface area is 136 Å². The highest BCUT2D eigenvalue weighted by Crippen LogP contribution is 2.29. The molecule has 0 unspecified atom stereocenters. The monoisotopic (exact) mass is 336 g/mol. The van der Waals surface area contributed by atoms with Crippen LogP contribution in [0.15, 0.2) is 48.0 Å². The fourth-order valence-electron chi connectivity index (χ4n) is 1.90. The largest absolute Gasteiger partial charge is 0.416 e. The molecule has 0 aliphatic carbocycles. The molecule has 126 valence electrons. The van der Waals surface area contributed by atoms with Gasteiger partial charge in [-0.2, -0.15) is 18.3 Å². The summed E-state index contributed by atoms with van der Waals surface area (Å²) in [5, 5.41) is 3.91. The van der Waals surface area contributed by atoms with E-state index in [4.69, 9.17) is 0 Å². The second kappa shape index (κ2) is 7.67. The average molecular weight is 336 g/mol. The normalized spacial score (nSPS) is 12.1. The van der Waals surface area contributed by atoms with Gasteiger partial charge in [0.05, 0.1) is 11.8 Å². The molecule has 1 amide bonds. The number of carbonyl (C=O) groups is 1. The van der Waals surface area contributed by atoms with E-state index in [0.29, 0.717) is 24.1 Å². The van der Waals surface area contributed by atoms with Crippen molar-refractivity contribution >= 4 is 11.6 Å². The van der Waals surface area contributed by atoms with Gasteiger partial charge in [-0.25, -0.2) is 10.4 Å². The highest BCUT2D eigenvalue weighted by molar-refractivity contribution is 5.93. The van der Waals surface area contributed by atoms with Gasteiger partial charge in [0.25, 0.3) is 5.91 Å². The van der Waals surface area contributed by atoms with E-state index in [1.165, 1.54) is 24.7 Å². The molecule has 0 fully saturated rings. The summed E-state index contributed by atoms with van der Waals surface area (Å²) in [6.07, 6.45) is 0.592. The van der Waals surface area contributed by atoms with Crippen LogP contribution in [0.5, 0.6) is 0 Å². The first kappa shape index (κ1) is 17.6. The Morgan fingerprint density at radius 1 is 1.29 bits per heavy atom. The molecule has 2 rings (SSSR count). The molecule has 0 aliphatic heterocycles. The zero-order valence-electron chi connectivity index (χ0n) is 12.8. The summed E-state index contributed by atoms with van der Waals surface area (Å²) >= 11 is 0. The fraction of sp³-hybridized carbons (Fsp3) is 0.250. The molecule has 0 saturated carbocycles. The Balaban J connectivity index is 1.91. The summed E-state index contributed by atoms with van der Waals surface area (Å²) in [7, 11) is 0. The highest BCUT2D eigenvalue weighted by atomic mass is 19.4. The van der Waals surface area contributed by atoms with Crippen molar-refractivity contribution in [1.82, 2.24) is 15.4 Å². The van der Waals surface area contributed by atoms with Gasteiger partial charge < -0.3 is 0 Å². The maximum absolute atomic E-state index is 12.7. The molecule has 1 aromatic carbocycles. The Morgan fingerprint density at radius 2 is 2.08 bits per heavy atom. The van der Waals surface area contributed by atoms with Gasteiger partial charge in [-0.05, 0) is 31.4 Å². The van der Waals surface area contributed by atoms with E-state index < -0.39 is 17.6 Å². The average Bonchev–Trinajstić information content (AvgIpc) is 2.58. The topological polar surface area (TPSA) is 67.2 Å². The van der Waals surface area contributed by atoms with Crippen molar-refractivity contribution in [1.29, 1.82) is 0 Å². The number of amides is 1. The summed E-state index contributed by atoms with van der Waals surface area (Å²) in [5.41, 5.74) is 2.94. The lowest BCUT2D eigenvalue weighted by molar-refractivity contribution is -0.137. The van der Waals surface area contributed by atoms with Crippen LogP contribution >= 0.6 is 0 Å². The van der Waals surface area contributed by atoms with Crippen LogP contribution < -0.4 is 5.43 Å². The van der Waals surface area contributed by atoms with E-state index in [-0.39, 0.29) is 5.69 Å². The molecule has 5 nitrogen and oxygen atoms in total. The number of hydrogen-bond acceptors (Lipinski definition) is 4. The number of nitrogens with zero attached hydrogens (tertiary/aromatic N) is 3. The van der Waals surface area contributed by atoms with Gasteiger partial charge in [0.2, 0.25) is 0 Å². The maximum Gasteiger partial charge on any atom is 0.416 e. The van der Waals surface area contributed by atoms with Gasteiger partial charge in [0.15, 0.2) is 0 Å². The van der Waals surface area contributed by atoms with Gasteiger partial charge in [-0.15, -0.1) is 0 Å². The molecule has 0 radical (unpaired) electrons. The SMILES string of the molecule is CC(CCc1cccc(C(F)(F)F)c1)=NNC(=O)c1cnccn1. The van der Waals surface area contributed by atoms with Crippen LogP contribution in [0.2, 0.25) is 0 Å². The van der Waals surface area contributed by atoms with E-state index >= 15 is 0 Å². The minimum Gasteiger partial charge on any atom is -0.265 e. The number of carbonyl (C=O) groups excluding carboxylic acids is 1. The molecule has 0 spiro atoms.